The van der Waals surface area contributed by atoms with Crippen molar-refractivity contribution in [2.24, 2.45) is 5.92 Å². The third kappa shape index (κ3) is 9.54. The molecule has 47 heavy (non-hydrogen) atoms. The molecule has 256 valence electrons. The zero-order chi connectivity index (χ0) is 34.4. The standard InChI is InChI=1S/C34H45N3O9S/c1-6-44-31(39)25-17-20-36(21-18-25)33(41)45-26-13-11-24(12-14-26)22-28(32(40)46-34(3,4)5)35-30(38)29-8-7-19-37(29)47(42,43)27-15-9-23(2)10-16-27/h9-16,25,28-29H,6-8,17-22H2,1-5H3,(H,35,38)/t28-,29-/m0/s1. The van der Waals surface area contributed by atoms with Crippen LogP contribution in [0.3, 0.4) is 0 Å². The molecule has 2 saturated heterocycles. The van der Waals surface area contributed by atoms with Crippen molar-refractivity contribution in [3.8, 4) is 5.75 Å². The zero-order valence-corrected chi connectivity index (χ0v) is 28.5. The average Bonchev–Trinajstić information content (AvgIpc) is 3.53. The number of nitrogens with one attached hydrogen (secondary N) is 1. The van der Waals surface area contributed by atoms with Crippen LogP contribution in [0.25, 0.3) is 0 Å². The molecule has 2 atom stereocenters. The second-order valence-electron chi connectivity index (χ2n) is 12.9. The number of rotatable bonds is 10. The van der Waals surface area contributed by atoms with Crippen molar-refractivity contribution in [2.75, 3.05) is 26.2 Å². The van der Waals surface area contributed by atoms with Gasteiger partial charge in [-0.05, 0) is 90.1 Å². The summed E-state index contributed by atoms with van der Waals surface area (Å²) < 4.78 is 44.3. The third-order valence-corrected chi connectivity index (χ3v) is 10.0. The predicted molar refractivity (Wildman–Crippen MR) is 173 cm³/mol. The normalized spacial score (nSPS) is 18.3. The van der Waals surface area contributed by atoms with E-state index in [0.717, 1.165) is 5.56 Å². The topological polar surface area (TPSA) is 149 Å². The predicted octanol–water partition coefficient (Wildman–Crippen LogP) is 3.99. The van der Waals surface area contributed by atoms with Gasteiger partial charge in [-0.3, -0.25) is 9.59 Å². The SMILES string of the molecule is CCOC(=O)C1CCN(C(=O)Oc2ccc(C[C@H](NC(=O)[C@@H]3CCCN3S(=O)(=O)c3ccc(C)cc3)C(=O)OC(C)(C)C)cc2)CC1. The van der Waals surface area contributed by atoms with Gasteiger partial charge in [-0.15, -0.1) is 0 Å². The van der Waals surface area contributed by atoms with E-state index in [2.05, 4.69) is 5.32 Å². The van der Waals surface area contributed by atoms with Crippen molar-refractivity contribution in [1.82, 2.24) is 14.5 Å². The molecule has 2 aliphatic rings. The van der Waals surface area contributed by atoms with E-state index in [1.54, 1.807) is 69.0 Å². The van der Waals surface area contributed by atoms with E-state index in [4.69, 9.17) is 14.2 Å². The Morgan fingerprint density at radius 1 is 0.936 bits per heavy atom. The highest BCUT2D eigenvalue weighted by Crippen LogP contribution is 2.27. The molecule has 12 nitrogen and oxygen atoms in total. The minimum Gasteiger partial charge on any atom is -0.466 e. The molecular weight excluding hydrogens is 626 g/mol. The van der Waals surface area contributed by atoms with E-state index >= 15 is 0 Å². The number of hydrogen-bond acceptors (Lipinski definition) is 9. The van der Waals surface area contributed by atoms with Gasteiger partial charge in [-0.25, -0.2) is 18.0 Å². The second-order valence-corrected chi connectivity index (χ2v) is 14.8. The number of amides is 2. The molecule has 0 aromatic heterocycles. The van der Waals surface area contributed by atoms with Crippen LogP contribution >= 0.6 is 0 Å². The van der Waals surface area contributed by atoms with E-state index in [9.17, 15) is 27.6 Å². The van der Waals surface area contributed by atoms with E-state index < -0.39 is 45.7 Å². The number of carbonyl (C=O) groups is 4. The van der Waals surface area contributed by atoms with Crippen molar-refractivity contribution >= 4 is 34.0 Å². The van der Waals surface area contributed by atoms with Gasteiger partial charge in [0.1, 0.15) is 23.4 Å². The van der Waals surface area contributed by atoms with Crippen LogP contribution in [0.5, 0.6) is 5.75 Å². The molecule has 2 heterocycles. The molecule has 2 fully saturated rings. The Morgan fingerprint density at radius 3 is 2.17 bits per heavy atom. The minimum atomic E-state index is -3.93. The van der Waals surface area contributed by atoms with Crippen molar-refractivity contribution in [2.45, 2.75) is 89.3 Å². The summed E-state index contributed by atoms with van der Waals surface area (Å²) in [5, 5.41) is 2.76. The van der Waals surface area contributed by atoms with E-state index in [1.165, 1.54) is 16.4 Å². The van der Waals surface area contributed by atoms with Crippen LogP contribution in [0.2, 0.25) is 0 Å². The van der Waals surface area contributed by atoms with Crippen LogP contribution in [0.1, 0.15) is 64.5 Å². The smallest absolute Gasteiger partial charge is 0.415 e. The molecule has 0 aliphatic carbocycles. The molecule has 2 aliphatic heterocycles. The number of hydrogen-bond donors (Lipinski definition) is 1. The van der Waals surface area contributed by atoms with Gasteiger partial charge < -0.3 is 24.4 Å². The van der Waals surface area contributed by atoms with Gasteiger partial charge in [0.25, 0.3) is 0 Å². The fourth-order valence-corrected chi connectivity index (χ4v) is 7.28. The Bertz CT molecular complexity index is 1530. The summed E-state index contributed by atoms with van der Waals surface area (Å²) in [5.41, 5.74) is 0.752. The highest BCUT2D eigenvalue weighted by atomic mass is 32.2. The summed E-state index contributed by atoms with van der Waals surface area (Å²) >= 11 is 0. The van der Waals surface area contributed by atoms with Gasteiger partial charge in [0.05, 0.1) is 17.4 Å². The lowest BCUT2D eigenvalue weighted by molar-refractivity contribution is -0.158. The summed E-state index contributed by atoms with van der Waals surface area (Å²) in [6.07, 6.45) is 1.36. The van der Waals surface area contributed by atoms with Crippen LogP contribution in [-0.2, 0) is 40.3 Å². The molecule has 2 aromatic rings. The average molecular weight is 672 g/mol. The number of carbonyl (C=O) groups excluding carboxylic acids is 4. The summed E-state index contributed by atoms with van der Waals surface area (Å²) in [5.74, 6) is -1.41. The Kier molecular flexibility index (Phi) is 11.7. The summed E-state index contributed by atoms with van der Waals surface area (Å²) in [4.78, 5) is 53.2. The van der Waals surface area contributed by atoms with Gasteiger partial charge in [-0.1, -0.05) is 29.8 Å². The van der Waals surface area contributed by atoms with Crippen LogP contribution in [0.4, 0.5) is 4.79 Å². The summed E-state index contributed by atoms with van der Waals surface area (Å²) in [7, 11) is -3.93. The number of piperidine rings is 1. The first-order chi connectivity index (χ1) is 22.2. The Labute approximate surface area is 276 Å². The number of ether oxygens (including phenoxy) is 3. The number of aryl methyl sites for hydroxylation is 1. The van der Waals surface area contributed by atoms with Crippen molar-refractivity contribution < 1.29 is 41.8 Å². The molecular formula is C34H45N3O9S. The summed E-state index contributed by atoms with van der Waals surface area (Å²) in [6, 6.07) is 10.9. The molecule has 0 radical (unpaired) electrons. The van der Waals surface area contributed by atoms with E-state index in [-0.39, 0.29) is 29.7 Å². The molecule has 13 heteroatoms. The zero-order valence-electron chi connectivity index (χ0n) is 27.7. The monoisotopic (exact) mass is 671 g/mol. The third-order valence-electron chi connectivity index (χ3n) is 8.08. The lowest BCUT2D eigenvalue weighted by Crippen LogP contribution is -2.52. The summed E-state index contributed by atoms with van der Waals surface area (Å²) in [6.45, 7) is 10.0. The van der Waals surface area contributed by atoms with Gasteiger partial charge in [0, 0.05) is 26.1 Å². The molecule has 2 aromatic carbocycles. The van der Waals surface area contributed by atoms with Crippen molar-refractivity contribution in [3.63, 3.8) is 0 Å². The van der Waals surface area contributed by atoms with Crippen LogP contribution < -0.4 is 10.1 Å². The highest BCUT2D eigenvalue weighted by molar-refractivity contribution is 7.89. The van der Waals surface area contributed by atoms with Gasteiger partial charge in [0.15, 0.2) is 0 Å². The fraction of sp³-hybridized carbons (Fsp3) is 0.529. The van der Waals surface area contributed by atoms with Gasteiger partial charge >= 0.3 is 18.0 Å². The van der Waals surface area contributed by atoms with Crippen LogP contribution in [-0.4, -0.2) is 85.5 Å². The number of esters is 2. The lowest BCUT2D eigenvalue weighted by atomic mass is 9.97. The van der Waals surface area contributed by atoms with Crippen molar-refractivity contribution in [1.29, 1.82) is 0 Å². The van der Waals surface area contributed by atoms with Crippen LogP contribution in [0, 0.1) is 12.8 Å². The molecule has 0 spiro atoms. The molecule has 0 bridgehead atoms. The lowest BCUT2D eigenvalue weighted by Gasteiger charge is -2.30. The maximum absolute atomic E-state index is 13.6. The Morgan fingerprint density at radius 2 is 1.57 bits per heavy atom. The number of likely N-dealkylation sites (tertiary alicyclic amines) is 1. The molecule has 0 saturated carbocycles. The largest absolute Gasteiger partial charge is 0.466 e. The van der Waals surface area contributed by atoms with E-state index in [1.807, 2.05) is 6.92 Å². The second kappa shape index (κ2) is 15.3. The highest BCUT2D eigenvalue weighted by Gasteiger charge is 2.41. The number of benzene rings is 2. The van der Waals surface area contributed by atoms with E-state index in [0.29, 0.717) is 56.7 Å². The molecule has 4 rings (SSSR count). The Balaban J connectivity index is 1.41. The molecule has 2 amide bonds. The van der Waals surface area contributed by atoms with Gasteiger partial charge in [-0.2, -0.15) is 4.31 Å². The fourth-order valence-electron chi connectivity index (χ4n) is 5.62. The number of sulfonamides is 1. The number of nitrogens with zero attached hydrogens (tertiary/aromatic N) is 2. The molecule has 1 N–H and O–H groups in total. The Hall–Kier alpha value is -3.97. The van der Waals surface area contributed by atoms with Gasteiger partial charge in [0.2, 0.25) is 15.9 Å². The first-order valence-corrected chi connectivity index (χ1v) is 17.5. The maximum atomic E-state index is 13.6. The first kappa shape index (κ1) is 35.9. The minimum absolute atomic E-state index is 0.0632. The maximum Gasteiger partial charge on any atom is 0.415 e. The van der Waals surface area contributed by atoms with Crippen LogP contribution in [0.15, 0.2) is 53.4 Å². The van der Waals surface area contributed by atoms with Crippen molar-refractivity contribution in [3.05, 3.63) is 59.7 Å². The first-order valence-electron chi connectivity index (χ1n) is 16.0. The molecule has 0 unspecified atom stereocenters. The quantitative estimate of drug-likeness (QED) is 0.370.